The van der Waals surface area contributed by atoms with Gasteiger partial charge in [0.25, 0.3) is 0 Å². The fraction of sp³-hybridized carbons (Fsp3) is 0.400. The third-order valence-corrected chi connectivity index (χ3v) is 4.80. The van der Waals surface area contributed by atoms with E-state index in [4.69, 9.17) is 15.6 Å². The van der Waals surface area contributed by atoms with E-state index in [0.29, 0.717) is 5.75 Å². The number of nitrogens with one attached hydrogen (secondary N) is 1. The Kier molecular flexibility index (Phi) is 5.34. The smallest absolute Gasteiger partial charge is 0.242 e. The topological polar surface area (TPSA) is 142 Å². The van der Waals surface area contributed by atoms with Crippen molar-refractivity contribution in [1.29, 1.82) is 0 Å². The van der Waals surface area contributed by atoms with Gasteiger partial charge in [0.1, 0.15) is 10.6 Å². The molecule has 1 rings (SSSR count). The second kappa shape index (κ2) is 6.39. The third kappa shape index (κ3) is 4.96. The van der Waals surface area contributed by atoms with Gasteiger partial charge in [-0.05, 0) is 18.6 Å². The van der Waals surface area contributed by atoms with Gasteiger partial charge < -0.3 is 10.5 Å². The molecule has 8 nitrogen and oxygen atoms in total. The lowest BCUT2D eigenvalue weighted by atomic mass is 10.3. The highest BCUT2D eigenvalue weighted by molar-refractivity contribution is 7.89. The van der Waals surface area contributed by atoms with E-state index in [-0.39, 0.29) is 29.3 Å². The van der Waals surface area contributed by atoms with Crippen LogP contribution in [-0.4, -0.2) is 36.2 Å². The maximum absolute atomic E-state index is 12.0. The number of anilines is 1. The quantitative estimate of drug-likeness (QED) is 0.444. The molecule has 0 aliphatic heterocycles. The van der Waals surface area contributed by atoms with Crippen LogP contribution in [0.3, 0.4) is 0 Å². The van der Waals surface area contributed by atoms with Crippen LogP contribution in [0.5, 0.6) is 5.75 Å². The average Bonchev–Trinajstić information content (AvgIpc) is 2.33. The molecule has 0 fully saturated rings. The molecule has 0 unspecified atom stereocenters. The van der Waals surface area contributed by atoms with E-state index in [1.807, 2.05) is 0 Å². The summed E-state index contributed by atoms with van der Waals surface area (Å²) in [5.41, 5.74) is 5.69. The number of nitrogens with two attached hydrogens (primary N) is 2. The summed E-state index contributed by atoms with van der Waals surface area (Å²) < 4.78 is 52.5. The summed E-state index contributed by atoms with van der Waals surface area (Å²) in [6.07, 6.45) is 0.0775. The van der Waals surface area contributed by atoms with E-state index >= 15 is 0 Å². The second-order valence-electron chi connectivity index (χ2n) is 4.02. The first-order valence-corrected chi connectivity index (χ1v) is 8.79. The molecule has 0 aliphatic rings. The molecule has 10 heteroatoms. The Bertz CT molecular complexity index is 670. The lowest BCUT2D eigenvalue weighted by molar-refractivity contribution is 0.414. The first kappa shape index (κ1) is 16.7. The Balaban J connectivity index is 2.74. The summed E-state index contributed by atoms with van der Waals surface area (Å²) in [4.78, 5) is -0.0890. The number of benzene rings is 1. The van der Waals surface area contributed by atoms with E-state index in [0.717, 1.165) is 0 Å². The minimum Gasteiger partial charge on any atom is -0.497 e. The number of nitrogen functional groups attached to an aromatic ring is 1. The van der Waals surface area contributed by atoms with Crippen molar-refractivity contribution in [2.75, 3.05) is 25.1 Å². The Morgan fingerprint density at radius 3 is 2.40 bits per heavy atom. The average molecular weight is 323 g/mol. The molecule has 0 heterocycles. The van der Waals surface area contributed by atoms with Gasteiger partial charge >= 0.3 is 0 Å². The van der Waals surface area contributed by atoms with E-state index in [1.54, 1.807) is 0 Å². The van der Waals surface area contributed by atoms with Crippen LogP contribution in [0.2, 0.25) is 0 Å². The van der Waals surface area contributed by atoms with Gasteiger partial charge in [-0.2, -0.15) is 0 Å². The number of methoxy groups -OCH3 is 1. The number of primary sulfonamides is 1. The number of rotatable bonds is 7. The minimum absolute atomic E-state index is 0.0447. The molecule has 0 spiro atoms. The SMILES string of the molecule is COc1ccc(S(=O)(=O)NCCCS(N)(=O)=O)c(N)c1. The van der Waals surface area contributed by atoms with E-state index in [9.17, 15) is 16.8 Å². The van der Waals surface area contributed by atoms with E-state index < -0.39 is 20.0 Å². The highest BCUT2D eigenvalue weighted by Gasteiger charge is 2.17. The van der Waals surface area contributed by atoms with Gasteiger partial charge in [0.2, 0.25) is 20.0 Å². The van der Waals surface area contributed by atoms with Crippen molar-refractivity contribution in [2.24, 2.45) is 5.14 Å². The lowest BCUT2D eigenvalue weighted by Crippen LogP contribution is -2.28. The molecular weight excluding hydrogens is 306 g/mol. The first-order valence-electron chi connectivity index (χ1n) is 5.59. The Labute approximate surface area is 118 Å². The highest BCUT2D eigenvalue weighted by atomic mass is 32.2. The normalized spacial score (nSPS) is 12.3. The van der Waals surface area contributed by atoms with Crippen molar-refractivity contribution in [1.82, 2.24) is 4.72 Å². The van der Waals surface area contributed by atoms with Crippen LogP contribution in [-0.2, 0) is 20.0 Å². The number of hydrogen-bond donors (Lipinski definition) is 3. The zero-order valence-electron chi connectivity index (χ0n) is 10.9. The zero-order valence-corrected chi connectivity index (χ0v) is 12.5. The molecule has 0 bridgehead atoms. The standard InChI is InChI=1S/C10H17N3O5S2/c1-18-8-3-4-10(9(11)7-8)20(16,17)13-5-2-6-19(12,14)15/h3-4,7,13H,2,5-6,11H2,1H3,(H2,12,14,15). The molecule has 1 aromatic carbocycles. The molecule has 5 N–H and O–H groups in total. The van der Waals surface area contributed by atoms with Crippen molar-refractivity contribution in [3.8, 4) is 5.75 Å². The molecule has 0 radical (unpaired) electrons. The van der Waals surface area contributed by atoms with Crippen LogP contribution in [0.1, 0.15) is 6.42 Å². The maximum atomic E-state index is 12.0. The number of sulfonamides is 2. The van der Waals surface area contributed by atoms with E-state index in [2.05, 4.69) is 4.72 Å². The van der Waals surface area contributed by atoms with Crippen molar-refractivity contribution in [2.45, 2.75) is 11.3 Å². The van der Waals surface area contributed by atoms with Crippen molar-refractivity contribution < 1.29 is 21.6 Å². The summed E-state index contributed by atoms with van der Waals surface area (Å²) in [5.74, 6) is 0.142. The highest BCUT2D eigenvalue weighted by Crippen LogP contribution is 2.23. The van der Waals surface area contributed by atoms with Crippen LogP contribution < -0.4 is 20.3 Å². The van der Waals surface area contributed by atoms with Crippen molar-refractivity contribution in [3.63, 3.8) is 0 Å². The molecule has 0 aliphatic carbocycles. The molecule has 0 saturated carbocycles. The molecule has 0 atom stereocenters. The summed E-state index contributed by atoms with van der Waals surface area (Å²) in [6.45, 7) is -0.0514. The van der Waals surface area contributed by atoms with Crippen LogP contribution in [0.4, 0.5) is 5.69 Å². The van der Waals surface area contributed by atoms with Gasteiger partial charge in [-0.25, -0.2) is 26.7 Å². The molecular formula is C10H17N3O5S2. The summed E-state index contributed by atoms with van der Waals surface area (Å²) in [5, 5.41) is 4.81. The monoisotopic (exact) mass is 323 g/mol. The first-order chi connectivity index (χ1) is 9.15. The Morgan fingerprint density at radius 1 is 1.25 bits per heavy atom. The molecule has 0 amide bonds. The molecule has 20 heavy (non-hydrogen) atoms. The fourth-order valence-electron chi connectivity index (χ4n) is 1.46. The lowest BCUT2D eigenvalue weighted by Gasteiger charge is -2.10. The maximum Gasteiger partial charge on any atom is 0.242 e. The summed E-state index contributed by atoms with van der Waals surface area (Å²) >= 11 is 0. The molecule has 0 aromatic heterocycles. The largest absolute Gasteiger partial charge is 0.497 e. The van der Waals surface area contributed by atoms with Crippen LogP contribution in [0.25, 0.3) is 0 Å². The van der Waals surface area contributed by atoms with Crippen LogP contribution >= 0.6 is 0 Å². The summed E-state index contributed by atoms with van der Waals surface area (Å²) in [7, 11) is -5.96. The molecule has 0 saturated heterocycles. The predicted octanol–water partition coefficient (Wildman–Crippen LogP) is -0.766. The molecule has 1 aromatic rings. The Hall–Kier alpha value is -1.36. The van der Waals surface area contributed by atoms with Crippen LogP contribution in [0.15, 0.2) is 23.1 Å². The fourth-order valence-corrected chi connectivity index (χ4v) is 3.19. The van der Waals surface area contributed by atoms with Crippen LogP contribution in [0, 0.1) is 0 Å². The van der Waals surface area contributed by atoms with Gasteiger partial charge in [-0.1, -0.05) is 0 Å². The van der Waals surface area contributed by atoms with Gasteiger partial charge in [-0.15, -0.1) is 0 Å². The predicted molar refractivity (Wildman–Crippen MR) is 75.2 cm³/mol. The molecule has 114 valence electrons. The third-order valence-electron chi connectivity index (χ3n) is 2.40. The minimum atomic E-state index is -3.80. The zero-order chi connectivity index (χ0) is 15.4. The Morgan fingerprint density at radius 2 is 1.90 bits per heavy atom. The number of ether oxygens (including phenoxy) is 1. The number of hydrogen-bond acceptors (Lipinski definition) is 6. The van der Waals surface area contributed by atoms with Gasteiger partial charge in [0.05, 0.1) is 18.6 Å². The van der Waals surface area contributed by atoms with Gasteiger partial charge in [0.15, 0.2) is 0 Å². The second-order valence-corrected chi connectivity index (χ2v) is 7.49. The van der Waals surface area contributed by atoms with Gasteiger partial charge in [0, 0.05) is 12.6 Å². The van der Waals surface area contributed by atoms with Crippen molar-refractivity contribution in [3.05, 3.63) is 18.2 Å². The van der Waals surface area contributed by atoms with Crippen molar-refractivity contribution >= 4 is 25.7 Å². The van der Waals surface area contributed by atoms with E-state index in [1.165, 1.54) is 25.3 Å². The summed E-state index contributed by atoms with van der Waals surface area (Å²) in [6, 6.07) is 4.17. The van der Waals surface area contributed by atoms with Gasteiger partial charge in [-0.3, -0.25) is 0 Å².